The van der Waals surface area contributed by atoms with E-state index in [1.54, 1.807) is 31.2 Å². The topological polar surface area (TPSA) is 79.5 Å². The summed E-state index contributed by atoms with van der Waals surface area (Å²) in [6.07, 6.45) is -0.507. The molecule has 6 nitrogen and oxygen atoms in total. The van der Waals surface area contributed by atoms with Gasteiger partial charge in [-0.1, -0.05) is 30.3 Å². The van der Waals surface area contributed by atoms with Crippen LogP contribution in [0.25, 0.3) is 0 Å². The van der Waals surface area contributed by atoms with Gasteiger partial charge in [-0.25, -0.2) is 9.59 Å². The van der Waals surface area contributed by atoms with Crippen LogP contribution in [0.4, 0.5) is 21.0 Å². The average Bonchev–Trinajstić information content (AvgIpc) is 2.57. The van der Waals surface area contributed by atoms with E-state index < -0.39 is 6.09 Å². The lowest BCUT2D eigenvalue weighted by molar-refractivity contribution is 0.168. The molecule has 0 fully saturated rings. The maximum Gasteiger partial charge on any atom is 0.411 e. The Labute approximate surface area is 141 Å². The van der Waals surface area contributed by atoms with Gasteiger partial charge in [0.2, 0.25) is 0 Å². The van der Waals surface area contributed by atoms with Gasteiger partial charge in [0.15, 0.2) is 0 Å². The molecule has 0 radical (unpaired) electrons. The van der Waals surface area contributed by atoms with Crippen LogP contribution in [-0.4, -0.2) is 18.7 Å². The Morgan fingerprint density at radius 3 is 2.12 bits per heavy atom. The Balaban J connectivity index is 1.86. The number of rotatable bonds is 5. The predicted octanol–water partition coefficient (Wildman–Crippen LogP) is 4.14. The first-order valence-electron chi connectivity index (χ1n) is 7.74. The number of hydrogen-bond acceptors (Lipinski definition) is 3. The molecule has 0 spiro atoms. The number of amides is 3. The quantitative estimate of drug-likeness (QED) is 0.772. The Bertz CT molecular complexity index is 672. The van der Waals surface area contributed by atoms with Crippen LogP contribution in [0.3, 0.4) is 0 Å². The number of ether oxygens (including phenoxy) is 1. The summed E-state index contributed by atoms with van der Waals surface area (Å²) in [5.41, 5.74) is 2.25. The van der Waals surface area contributed by atoms with E-state index in [2.05, 4.69) is 16.0 Å². The van der Waals surface area contributed by atoms with Crippen molar-refractivity contribution >= 4 is 23.5 Å². The number of benzene rings is 2. The highest BCUT2D eigenvalue weighted by molar-refractivity contribution is 5.90. The predicted molar refractivity (Wildman–Crippen MR) is 94.1 cm³/mol. The largest absolute Gasteiger partial charge is 0.450 e. The average molecular weight is 327 g/mol. The molecule has 3 N–H and O–H groups in total. The molecule has 0 bridgehead atoms. The van der Waals surface area contributed by atoms with E-state index >= 15 is 0 Å². The Kier molecular flexibility index (Phi) is 6.19. The van der Waals surface area contributed by atoms with Crippen LogP contribution in [0, 0.1) is 0 Å². The summed E-state index contributed by atoms with van der Waals surface area (Å²) in [4.78, 5) is 23.4. The number of urea groups is 1. The van der Waals surface area contributed by atoms with Gasteiger partial charge in [-0.2, -0.15) is 0 Å². The molecule has 0 heterocycles. The number of anilines is 2. The van der Waals surface area contributed by atoms with Gasteiger partial charge in [0, 0.05) is 11.4 Å². The van der Waals surface area contributed by atoms with Crippen molar-refractivity contribution in [3.63, 3.8) is 0 Å². The summed E-state index contributed by atoms with van der Waals surface area (Å²) in [5, 5.41) is 8.21. The summed E-state index contributed by atoms with van der Waals surface area (Å²) < 4.78 is 4.80. The lowest BCUT2D eigenvalue weighted by atomic mass is 10.1. The SMILES string of the molecule is CCOC(=O)Nc1ccc(NC(=O)N[C@@H](C)c2ccccc2)cc1. The lowest BCUT2D eigenvalue weighted by Crippen LogP contribution is -2.31. The molecule has 126 valence electrons. The van der Waals surface area contributed by atoms with Crippen molar-refractivity contribution in [2.24, 2.45) is 0 Å². The summed E-state index contributed by atoms with van der Waals surface area (Å²) in [6.45, 7) is 3.97. The van der Waals surface area contributed by atoms with E-state index in [4.69, 9.17) is 4.74 Å². The van der Waals surface area contributed by atoms with Crippen LogP contribution in [0.2, 0.25) is 0 Å². The van der Waals surface area contributed by atoms with Crippen LogP contribution in [0.1, 0.15) is 25.5 Å². The first kappa shape index (κ1) is 17.3. The summed E-state index contributed by atoms with van der Waals surface area (Å²) >= 11 is 0. The first-order valence-corrected chi connectivity index (χ1v) is 7.74. The molecule has 0 aromatic heterocycles. The van der Waals surface area contributed by atoms with Gasteiger partial charge >= 0.3 is 12.1 Å². The Morgan fingerprint density at radius 2 is 1.54 bits per heavy atom. The molecule has 0 saturated heterocycles. The molecule has 0 saturated carbocycles. The molecule has 2 aromatic rings. The second kappa shape index (κ2) is 8.57. The standard InChI is InChI=1S/C18H21N3O3/c1-3-24-18(23)21-16-11-9-15(10-12-16)20-17(22)19-13(2)14-7-5-4-6-8-14/h4-13H,3H2,1-2H3,(H,21,23)(H2,19,20,22)/t13-/m0/s1. The third-order valence-electron chi connectivity index (χ3n) is 3.31. The molecule has 2 aromatic carbocycles. The van der Waals surface area contributed by atoms with Crippen LogP contribution in [0.5, 0.6) is 0 Å². The number of nitrogens with one attached hydrogen (secondary N) is 3. The van der Waals surface area contributed by atoms with Gasteiger partial charge in [-0.15, -0.1) is 0 Å². The first-order chi connectivity index (χ1) is 11.6. The molecule has 0 aliphatic heterocycles. The molecular weight excluding hydrogens is 306 g/mol. The number of hydrogen-bond donors (Lipinski definition) is 3. The number of carbonyl (C=O) groups is 2. The van der Waals surface area contributed by atoms with E-state index in [0.29, 0.717) is 18.0 Å². The highest BCUT2D eigenvalue weighted by Gasteiger charge is 2.09. The molecule has 0 unspecified atom stereocenters. The van der Waals surface area contributed by atoms with Gasteiger partial charge in [0.1, 0.15) is 0 Å². The van der Waals surface area contributed by atoms with Gasteiger partial charge < -0.3 is 15.4 Å². The summed E-state index contributed by atoms with van der Waals surface area (Å²) in [7, 11) is 0. The van der Waals surface area contributed by atoms with E-state index in [-0.39, 0.29) is 12.1 Å². The fourth-order valence-corrected chi connectivity index (χ4v) is 2.11. The third-order valence-corrected chi connectivity index (χ3v) is 3.31. The minimum absolute atomic E-state index is 0.101. The molecule has 0 aliphatic rings. The number of carbonyl (C=O) groups excluding carboxylic acids is 2. The van der Waals surface area contributed by atoms with Gasteiger partial charge in [0.05, 0.1) is 12.6 Å². The van der Waals surface area contributed by atoms with E-state index in [9.17, 15) is 9.59 Å². The van der Waals surface area contributed by atoms with E-state index in [1.165, 1.54) is 0 Å². The van der Waals surface area contributed by atoms with Crippen molar-refractivity contribution in [1.29, 1.82) is 0 Å². The smallest absolute Gasteiger partial charge is 0.411 e. The molecule has 1 atom stereocenters. The van der Waals surface area contributed by atoms with Gasteiger partial charge in [0.25, 0.3) is 0 Å². The van der Waals surface area contributed by atoms with Crippen molar-refractivity contribution in [1.82, 2.24) is 5.32 Å². The van der Waals surface area contributed by atoms with Crippen LogP contribution in [-0.2, 0) is 4.74 Å². The van der Waals surface area contributed by atoms with Gasteiger partial charge in [-0.05, 0) is 43.7 Å². The minimum atomic E-state index is -0.507. The zero-order valence-electron chi connectivity index (χ0n) is 13.7. The monoisotopic (exact) mass is 327 g/mol. The van der Waals surface area contributed by atoms with Crippen LogP contribution in [0.15, 0.2) is 54.6 Å². The maximum atomic E-state index is 12.0. The van der Waals surface area contributed by atoms with Crippen LogP contribution >= 0.6 is 0 Å². The molecule has 24 heavy (non-hydrogen) atoms. The fraction of sp³-hybridized carbons (Fsp3) is 0.222. The summed E-state index contributed by atoms with van der Waals surface area (Å²) in [6, 6.07) is 16.1. The van der Waals surface area contributed by atoms with Crippen molar-refractivity contribution < 1.29 is 14.3 Å². The lowest BCUT2D eigenvalue weighted by Gasteiger charge is -2.15. The zero-order valence-corrected chi connectivity index (χ0v) is 13.7. The maximum absolute atomic E-state index is 12.0. The molecule has 3 amide bonds. The van der Waals surface area contributed by atoms with Crippen molar-refractivity contribution in [3.05, 3.63) is 60.2 Å². The Morgan fingerprint density at radius 1 is 0.958 bits per heavy atom. The van der Waals surface area contributed by atoms with Crippen molar-refractivity contribution in [2.75, 3.05) is 17.2 Å². The van der Waals surface area contributed by atoms with E-state index in [0.717, 1.165) is 5.56 Å². The molecule has 6 heteroatoms. The highest BCUT2D eigenvalue weighted by Crippen LogP contribution is 2.15. The highest BCUT2D eigenvalue weighted by atomic mass is 16.5. The van der Waals surface area contributed by atoms with Crippen molar-refractivity contribution in [3.8, 4) is 0 Å². The third kappa shape index (κ3) is 5.31. The second-order valence-electron chi connectivity index (χ2n) is 5.15. The van der Waals surface area contributed by atoms with Crippen molar-refractivity contribution in [2.45, 2.75) is 19.9 Å². The normalized spacial score (nSPS) is 11.2. The van der Waals surface area contributed by atoms with Gasteiger partial charge in [-0.3, -0.25) is 5.32 Å². The molecule has 0 aliphatic carbocycles. The Hall–Kier alpha value is -3.02. The van der Waals surface area contributed by atoms with Crippen LogP contribution < -0.4 is 16.0 Å². The molecular formula is C18H21N3O3. The fourth-order valence-electron chi connectivity index (χ4n) is 2.11. The minimum Gasteiger partial charge on any atom is -0.450 e. The second-order valence-corrected chi connectivity index (χ2v) is 5.15. The molecule has 2 rings (SSSR count). The summed E-state index contributed by atoms with van der Waals surface area (Å²) in [5.74, 6) is 0. The van der Waals surface area contributed by atoms with E-state index in [1.807, 2.05) is 37.3 Å². The zero-order chi connectivity index (χ0) is 17.4.